The van der Waals surface area contributed by atoms with Crippen molar-refractivity contribution in [2.24, 2.45) is 10.9 Å². The van der Waals surface area contributed by atoms with Crippen molar-refractivity contribution in [3.8, 4) is 5.75 Å². The Morgan fingerprint density at radius 3 is 2.41 bits per heavy atom. The first-order chi connectivity index (χ1) is 19.8. The average molecular weight is 642 g/mol. The molecule has 0 bridgehead atoms. The number of carbonyl (C=O) groups excluding carboxylic acids is 1. The second-order valence-corrected chi connectivity index (χ2v) is 13.4. The van der Waals surface area contributed by atoms with E-state index < -0.39 is 21.5 Å². The highest BCUT2D eigenvalue weighted by Crippen LogP contribution is 2.43. The van der Waals surface area contributed by atoms with Crippen molar-refractivity contribution in [3.05, 3.63) is 94.5 Å². The first-order valence-corrected chi connectivity index (χ1v) is 16.2. The van der Waals surface area contributed by atoms with Crippen LogP contribution in [0.25, 0.3) is 0 Å². The average Bonchev–Trinajstić information content (AvgIpc) is 3.74. The maximum absolute atomic E-state index is 14.0. The van der Waals surface area contributed by atoms with Gasteiger partial charge in [0.25, 0.3) is 5.91 Å². The number of sulfone groups is 1. The highest BCUT2D eigenvalue weighted by Gasteiger charge is 2.53. The van der Waals surface area contributed by atoms with Crippen LogP contribution in [0.1, 0.15) is 42.9 Å². The standard InChI is InChI=1S/C31H33BrN2O6S/c32-25-13-9-23(10-14-25)28-31(30(36)33-21-22-7-8-22,17-20-41(37,38)27-5-2-1-3-6-27)34-29(40-28)24-11-15-26(16-12-24)39-19-4-18-35/h1-3,5-6,9-16,22,28,35H,4,7-8,17-21H2,(H,33,36)/t28-,31-/m1/s1. The molecule has 2 N–H and O–H groups in total. The molecule has 0 spiro atoms. The van der Waals surface area contributed by atoms with Crippen LogP contribution in [-0.4, -0.2) is 56.4 Å². The predicted molar refractivity (Wildman–Crippen MR) is 160 cm³/mol. The van der Waals surface area contributed by atoms with Gasteiger partial charge in [-0.15, -0.1) is 0 Å². The number of hydrogen-bond acceptors (Lipinski definition) is 7. The number of nitrogens with one attached hydrogen (secondary N) is 1. The molecule has 0 radical (unpaired) electrons. The van der Waals surface area contributed by atoms with Crippen molar-refractivity contribution in [1.29, 1.82) is 0 Å². The van der Waals surface area contributed by atoms with Crippen molar-refractivity contribution in [3.63, 3.8) is 0 Å². The van der Waals surface area contributed by atoms with Crippen molar-refractivity contribution in [2.45, 2.75) is 42.2 Å². The highest BCUT2D eigenvalue weighted by molar-refractivity contribution is 9.10. The van der Waals surface area contributed by atoms with Crippen LogP contribution in [0.5, 0.6) is 5.75 Å². The number of carbonyl (C=O) groups is 1. The third-order valence-electron chi connectivity index (χ3n) is 7.31. The fourth-order valence-electron chi connectivity index (χ4n) is 4.76. The molecule has 10 heteroatoms. The van der Waals surface area contributed by atoms with Gasteiger partial charge >= 0.3 is 0 Å². The summed E-state index contributed by atoms with van der Waals surface area (Å²) in [7, 11) is -3.70. The topological polar surface area (TPSA) is 114 Å². The molecule has 3 aromatic rings. The van der Waals surface area contributed by atoms with Crippen LogP contribution in [-0.2, 0) is 19.4 Å². The molecule has 216 valence electrons. The Hall–Kier alpha value is -3.21. The quantitative estimate of drug-likeness (QED) is 0.258. The van der Waals surface area contributed by atoms with E-state index in [-0.39, 0.29) is 35.5 Å². The summed E-state index contributed by atoms with van der Waals surface area (Å²) in [5.74, 6) is 0.698. The van der Waals surface area contributed by atoms with Crippen LogP contribution in [0.3, 0.4) is 0 Å². The number of hydrogen-bond donors (Lipinski definition) is 2. The van der Waals surface area contributed by atoms with Crippen LogP contribution in [0.2, 0.25) is 0 Å². The summed E-state index contributed by atoms with van der Waals surface area (Å²) in [6, 6.07) is 22.8. The summed E-state index contributed by atoms with van der Waals surface area (Å²) in [6.45, 7) is 0.952. The second-order valence-electron chi connectivity index (χ2n) is 10.4. The number of aliphatic hydroxyl groups is 1. The molecule has 1 aliphatic heterocycles. The zero-order chi connectivity index (χ0) is 28.9. The monoisotopic (exact) mass is 640 g/mol. The van der Waals surface area contributed by atoms with Gasteiger partial charge < -0.3 is 19.9 Å². The molecule has 41 heavy (non-hydrogen) atoms. The molecule has 1 heterocycles. The van der Waals surface area contributed by atoms with E-state index in [1.807, 2.05) is 24.3 Å². The normalized spacial score (nSPS) is 20.2. The Bertz CT molecular complexity index is 1480. The number of nitrogens with zero attached hydrogens (tertiary/aromatic N) is 1. The first-order valence-electron chi connectivity index (χ1n) is 13.7. The molecule has 0 saturated heterocycles. The minimum absolute atomic E-state index is 0.0467. The van der Waals surface area contributed by atoms with E-state index in [1.54, 1.807) is 54.6 Å². The van der Waals surface area contributed by atoms with Crippen LogP contribution >= 0.6 is 15.9 Å². The van der Waals surface area contributed by atoms with Gasteiger partial charge in [-0.2, -0.15) is 0 Å². The number of amides is 1. The van der Waals surface area contributed by atoms with Crippen molar-refractivity contribution >= 4 is 37.6 Å². The van der Waals surface area contributed by atoms with Gasteiger partial charge in [-0.05, 0) is 72.9 Å². The lowest BCUT2D eigenvalue weighted by Gasteiger charge is -2.30. The van der Waals surface area contributed by atoms with E-state index in [1.165, 1.54) is 0 Å². The summed E-state index contributed by atoms with van der Waals surface area (Å²) in [4.78, 5) is 19.1. The molecule has 1 saturated carbocycles. The molecule has 2 aliphatic rings. The fraction of sp³-hybridized carbons (Fsp3) is 0.355. The molecule has 5 rings (SSSR count). The summed E-state index contributed by atoms with van der Waals surface area (Å²) in [6.07, 6.45) is 1.74. The minimum atomic E-state index is -3.70. The minimum Gasteiger partial charge on any atom is -0.494 e. The van der Waals surface area contributed by atoms with Crippen LogP contribution in [0.4, 0.5) is 0 Å². The van der Waals surface area contributed by atoms with Gasteiger partial charge in [0.1, 0.15) is 5.75 Å². The molecule has 3 aromatic carbocycles. The number of rotatable bonds is 13. The SMILES string of the molecule is O=C(NCC1CC1)[C@]1(CCS(=O)(=O)c2ccccc2)N=C(c2ccc(OCCCO)cc2)O[C@@H]1c1ccc(Br)cc1. The van der Waals surface area contributed by atoms with E-state index >= 15 is 0 Å². The van der Waals surface area contributed by atoms with Crippen LogP contribution in [0, 0.1) is 5.92 Å². The molecule has 0 unspecified atom stereocenters. The van der Waals surface area contributed by atoms with Gasteiger partial charge in [-0.1, -0.05) is 46.3 Å². The lowest BCUT2D eigenvalue weighted by molar-refractivity contribution is -0.129. The lowest BCUT2D eigenvalue weighted by atomic mass is 9.85. The Labute approximate surface area is 248 Å². The zero-order valence-corrected chi connectivity index (χ0v) is 24.9. The highest BCUT2D eigenvalue weighted by atomic mass is 79.9. The van der Waals surface area contributed by atoms with Crippen LogP contribution < -0.4 is 10.1 Å². The fourth-order valence-corrected chi connectivity index (χ4v) is 6.41. The van der Waals surface area contributed by atoms with Gasteiger partial charge in [0, 0.05) is 36.0 Å². The summed E-state index contributed by atoms with van der Waals surface area (Å²) >= 11 is 3.47. The first kappa shape index (κ1) is 29.3. The molecule has 0 aromatic heterocycles. The number of aliphatic imine (C=N–C) groups is 1. The van der Waals surface area contributed by atoms with Gasteiger partial charge in [0.2, 0.25) is 5.90 Å². The van der Waals surface area contributed by atoms with E-state index in [4.69, 9.17) is 19.6 Å². The number of ether oxygens (including phenoxy) is 2. The maximum Gasteiger partial charge on any atom is 0.252 e. The van der Waals surface area contributed by atoms with Gasteiger partial charge in [0.15, 0.2) is 21.5 Å². The molecule has 2 atom stereocenters. The largest absolute Gasteiger partial charge is 0.494 e. The van der Waals surface area contributed by atoms with Gasteiger partial charge in [-0.25, -0.2) is 13.4 Å². The number of aliphatic hydroxyl groups excluding tert-OH is 1. The van der Waals surface area contributed by atoms with E-state index in [2.05, 4.69) is 21.2 Å². The zero-order valence-electron chi connectivity index (χ0n) is 22.5. The summed E-state index contributed by atoms with van der Waals surface area (Å²) < 4.78 is 39.7. The Balaban J connectivity index is 1.51. The van der Waals surface area contributed by atoms with Gasteiger partial charge in [-0.3, -0.25) is 4.79 Å². The van der Waals surface area contributed by atoms with E-state index in [0.29, 0.717) is 36.8 Å². The molecular formula is C31H33BrN2O6S. The van der Waals surface area contributed by atoms with Gasteiger partial charge in [0.05, 0.1) is 17.3 Å². The molecule has 8 nitrogen and oxygen atoms in total. The predicted octanol–water partition coefficient (Wildman–Crippen LogP) is 4.86. The van der Waals surface area contributed by atoms with Crippen molar-refractivity contribution in [1.82, 2.24) is 5.32 Å². The van der Waals surface area contributed by atoms with Crippen molar-refractivity contribution < 1.29 is 27.8 Å². The maximum atomic E-state index is 14.0. The molecule has 1 fully saturated rings. The Kier molecular flexibility index (Phi) is 9.11. The van der Waals surface area contributed by atoms with E-state index in [9.17, 15) is 13.2 Å². The Morgan fingerprint density at radius 1 is 1.05 bits per heavy atom. The molecular weight excluding hydrogens is 608 g/mol. The summed E-state index contributed by atoms with van der Waals surface area (Å²) in [5.41, 5.74) is -0.144. The van der Waals surface area contributed by atoms with Crippen molar-refractivity contribution in [2.75, 3.05) is 25.5 Å². The number of benzene rings is 3. The lowest BCUT2D eigenvalue weighted by Crippen LogP contribution is -2.49. The third kappa shape index (κ3) is 6.99. The van der Waals surface area contributed by atoms with E-state index in [0.717, 1.165) is 22.9 Å². The molecule has 1 aliphatic carbocycles. The van der Waals surface area contributed by atoms with Crippen LogP contribution in [0.15, 0.2) is 93.2 Å². The molecule has 1 amide bonds. The third-order valence-corrected chi connectivity index (χ3v) is 9.57. The Morgan fingerprint density at radius 2 is 1.76 bits per heavy atom. The second kappa shape index (κ2) is 12.8. The smallest absolute Gasteiger partial charge is 0.252 e. The summed E-state index contributed by atoms with van der Waals surface area (Å²) in [5, 5.41) is 12.1. The number of halogens is 1.